The fourth-order valence-corrected chi connectivity index (χ4v) is 9.02. The first-order chi connectivity index (χ1) is 26.7. The molecular formula is C52H52N2. The molecule has 54 heavy (non-hydrogen) atoms. The summed E-state index contributed by atoms with van der Waals surface area (Å²) in [5, 5.41) is 0. The van der Waals surface area contributed by atoms with E-state index in [2.05, 4.69) is 169 Å². The Balaban J connectivity index is 1.11. The summed E-state index contributed by atoms with van der Waals surface area (Å²) >= 11 is 0. The Labute approximate surface area is 323 Å². The van der Waals surface area contributed by atoms with Crippen molar-refractivity contribution in [2.45, 2.75) is 63.8 Å². The van der Waals surface area contributed by atoms with Crippen LogP contribution < -0.4 is 9.80 Å². The van der Waals surface area contributed by atoms with Gasteiger partial charge in [-0.1, -0.05) is 135 Å². The minimum atomic E-state index is 0.261. The summed E-state index contributed by atoms with van der Waals surface area (Å²) in [4.78, 5) is 4.98. The fraction of sp³-hybridized carbons (Fsp3) is 0.231. The molecule has 0 N–H and O–H groups in total. The third-order valence-electron chi connectivity index (χ3n) is 11.7. The molecule has 3 unspecified atom stereocenters. The van der Waals surface area contributed by atoms with Crippen molar-refractivity contribution in [1.29, 1.82) is 0 Å². The lowest BCUT2D eigenvalue weighted by Crippen LogP contribution is -2.35. The Hall–Kier alpha value is -5.60. The van der Waals surface area contributed by atoms with Gasteiger partial charge in [0.1, 0.15) is 0 Å². The normalized spacial score (nSPS) is 22.7. The molecule has 0 aromatic heterocycles. The van der Waals surface area contributed by atoms with Crippen LogP contribution in [0.25, 0.3) is 17.7 Å². The molecule has 0 saturated carbocycles. The van der Waals surface area contributed by atoms with E-state index >= 15 is 0 Å². The number of hydrogen-bond donors (Lipinski definition) is 0. The van der Waals surface area contributed by atoms with Crippen LogP contribution in [0.3, 0.4) is 0 Å². The number of benzene rings is 2. The predicted molar refractivity (Wildman–Crippen MR) is 234 cm³/mol. The van der Waals surface area contributed by atoms with E-state index < -0.39 is 0 Å². The molecular weight excluding hydrogens is 653 g/mol. The summed E-state index contributed by atoms with van der Waals surface area (Å²) in [5.41, 5.74) is 15.1. The molecule has 2 aromatic carbocycles. The van der Waals surface area contributed by atoms with Gasteiger partial charge < -0.3 is 9.80 Å². The zero-order valence-corrected chi connectivity index (χ0v) is 31.5. The molecule has 0 saturated heterocycles. The maximum Gasteiger partial charge on any atom is 0.0559 e. The van der Waals surface area contributed by atoms with Crippen LogP contribution in [0.15, 0.2) is 182 Å². The third-order valence-corrected chi connectivity index (χ3v) is 11.7. The Morgan fingerprint density at radius 3 is 2.37 bits per heavy atom. The number of anilines is 2. The van der Waals surface area contributed by atoms with E-state index in [0.29, 0.717) is 11.8 Å². The van der Waals surface area contributed by atoms with Crippen LogP contribution >= 0.6 is 0 Å². The lowest BCUT2D eigenvalue weighted by atomic mass is 9.75. The first-order valence-electron chi connectivity index (χ1n) is 20.0. The summed E-state index contributed by atoms with van der Waals surface area (Å²) < 4.78 is 0. The zero-order valence-electron chi connectivity index (χ0n) is 31.5. The van der Waals surface area contributed by atoms with Crippen molar-refractivity contribution < 1.29 is 0 Å². The highest BCUT2D eigenvalue weighted by atomic mass is 15.2. The first kappa shape index (κ1) is 35.4. The third kappa shape index (κ3) is 7.44. The van der Waals surface area contributed by atoms with E-state index in [4.69, 9.17) is 0 Å². The highest BCUT2D eigenvalue weighted by molar-refractivity contribution is 5.81. The molecule has 0 bridgehead atoms. The van der Waals surface area contributed by atoms with Crippen molar-refractivity contribution in [2.75, 3.05) is 9.80 Å². The van der Waals surface area contributed by atoms with E-state index in [9.17, 15) is 0 Å². The van der Waals surface area contributed by atoms with Crippen molar-refractivity contribution in [3.05, 3.63) is 210 Å². The lowest BCUT2D eigenvalue weighted by molar-refractivity contribution is 0.479. The van der Waals surface area contributed by atoms with Gasteiger partial charge in [-0.05, 0) is 134 Å². The molecule has 2 nitrogen and oxygen atoms in total. The molecule has 0 aliphatic heterocycles. The minimum absolute atomic E-state index is 0.261. The molecule has 2 heteroatoms. The molecule has 0 radical (unpaired) electrons. The van der Waals surface area contributed by atoms with Gasteiger partial charge >= 0.3 is 0 Å². The Bertz CT molecular complexity index is 2140. The number of hydrogen-bond acceptors (Lipinski definition) is 2. The van der Waals surface area contributed by atoms with Gasteiger partial charge in [-0.3, -0.25) is 0 Å². The molecule has 8 rings (SSSR count). The fourth-order valence-electron chi connectivity index (χ4n) is 9.02. The van der Waals surface area contributed by atoms with Crippen LogP contribution in [-0.4, -0.2) is 6.04 Å². The SMILES string of the molecule is C=C/C=C\C=C\N(C1=CC=C(c2ccc(N(C3=CC(/C=C\C=C)C4CCC=CC4=C3)C3C=CC=CC3)cc2)CC1)c1cc2c(c3c1C=CCC3)CCC=C2. The monoisotopic (exact) mass is 704 g/mol. The summed E-state index contributed by atoms with van der Waals surface area (Å²) in [7, 11) is 0. The van der Waals surface area contributed by atoms with Crippen molar-refractivity contribution in [1.82, 2.24) is 0 Å². The van der Waals surface area contributed by atoms with Gasteiger partial charge in [-0.25, -0.2) is 0 Å². The molecule has 0 spiro atoms. The van der Waals surface area contributed by atoms with Crippen LogP contribution in [0, 0.1) is 11.8 Å². The molecule has 6 aliphatic rings. The standard InChI is InChI=1S/C52H52N2/c1-3-5-7-17-35-53(52-38-43-20-12-14-24-49(43)50-25-15-16-26-51(50)52)44-31-27-39(28-32-44)40-29-33-46(34-30-40)54(45-21-9-8-10-22-45)47-36-41(18-6-4-2)48-23-13-11-19-42(48)37-47/h3-12,16-21,26-27,29-31,33-38,41,45,48H,1-2,13-15,22-25,28,32H2/b7-5-,18-6-,35-17+. The molecule has 0 amide bonds. The summed E-state index contributed by atoms with van der Waals surface area (Å²) in [6.07, 6.45) is 59.1. The summed E-state index contributed by atoms with van der Waals surface area (Å²) in [6.45, 7) is 7.82. The summed E-state index contributed by atoms with van der Waals surface area (Å²) in [6, 6.07) is 12.0. The highest BCUT2D eigenvalue weighted by Crippen LogP contribution is 2.42. The molecule has 270 valence electrons. The van der Waals surface area contributed by atoms with E-state index in [1.807, 2.05) is 18.2 Å². The maximum absolute atomic E-state index is 3.96. The zero-order chi connectivity index (χ0) is 36.7. The highest BCUT2D eigenvalue weighted by Gasteiger charge is 2.30. The van der Waals surface area contributed by atoms with Gasteiger partial charge in [0.05, 0.1) is 11.7 Å². The molecule has 0 fully saturated rings. The molecule has 3 atom stereocenters. The average molecular weight is 705 g/mol. The first-order valence-corrected chi connectivity index (χ1v) is 20.0. The summed E-state index contributed by atoms with van der Waals surface area (Å²) in [5.74, 6) is 0.881. The van der Waals surface area contributed by atoms with Crippen molar-refractivity contribution >= 4 is 29.1 Å². The topological polar surface area (TPSA) is 6.48 Å². The number of rotatable bonds is 11. The van der Waals surface area contributed by atoms with Crippen molar-refractivity contribution in [2.24, 2.45) is 11.8 Å². The molecule has 0 heterocycles. The number of nitrogens with zero attached hydrogens (tertiary/aromatic N) is 2. The molecule has 2 aromatic rings. The van der Waals surface area contributed by atoms with Gasteiger partial charge in [-0.15, -0.1) is 0 Å². The van der Waals surface area contributed by atoms with Gasteiger partial charge in [0.15, 0.2) is 0 Å². The Kier molecular flexibility index (Phi) is 10.9. The van der Waals surface area contributed by atoms with Gasteiger partial charge in [0.25, 0.3) is 0 Å². The second-order valence-electron chi connectivity index (χ2n) is 15.0. The maximum atomic E-state index is 3.96. The second kappa shape index (κ2) is 16.6. The quantitative estimate of drug-likeness (QED) is 0.215. The van der Waals surface area contributed by atoms with Crippen molar-refractivity contribution in [3.63, 3.8) is 0 Å². The van der Waals surface area contributed by atoms with Crippen LogP contribution in [0.4, 0.5) is 11.4 Å². The number of fused-ring (bicyclic) bond motifs is 4. The van der Waals surface area contributed by atoms with Crippen LogP contribution in [0.2, 0.25) is 0 Å². The minimum Gasteiger partial charge on any atom is -0.334 e. The lowest BCUT2D eigenvalue weighted by Gasteiger charge is -2.38. The van der Waals surface area contributed by atoms with E-state index in [1.54, 1.807) is 5.56 Å². The Morgan fingerprint density at radius 2 is 1.57 bits per heavy atom. The smallest absolute Gasteiger partial charge is 0.0559 e. The van der Waals surface area contributed by atoms with Gasteiger partial charge in [-0.2, -0.15) is 0 Å². The number of allylic oxidation sites excluding steroid dienone is 20. The van der Waals surface area contributed by atoms with Crippen molar-refractivity contribution in [3.8, 4) is 0 Å². The predicted octanol–water partition coefficient (Wildman–Crippen LogP) is 13.3. The van der Waals surface area contributed by atoms with E-state index in [-0.39, 0.29) is 6.04 Å². The van der Waals surface area contributed by atoms with Crippen LogP contribution in [0.5, 0.6) is 0 Å². The van der Waals surface area contributed by atoms with E-state index in [1.165, 1.54) is 62.6 Å². The van der Waals surface area contributed by atoms with Crippen LogP contribution in [0.1, 0.15) is 72.8 Å². The largest absolute Gasteiger partial charge is 0.334 e. The molecule has 6 aliphatic carbocycles. The van der Waals surface area contributed by atoms with E-state index in [0.717, 1.165) is 51.4 Å². The second-order valence-corrected chi connectivity index (χ2v) is 15.0. The van der Waals surface area contributed by atoms with Crippen LogP contribution in [-0.2, 0) is 12.8 Å². The van der Waals surface area contributed by atoms with Gasteiger partial charge in [0, 0.05) is 34.8 Å². The average Bonchev–Trinajstić information content (AvgIpc) is 3.23. The Morgan fingerprint density at radius 1 is 0.741 bits per heavy atom. The van der Waals surface area contributed by atoms with Gasteiger partial charge in [0.2, 0.25) is 0 Å².